The summed E-state index contributed by atoms with van der Waals surface area (Å²) >= 11 is 8.53. The molecule has 3 rings (SSSR count). The van der Waals surface area contributed by atoms with Gasteiger partial charge < -0.3 is 10.1 Å². The quantitative estimate of drug-likeness (QED) is 0.744. The van der Waals surface area contributed by atoms with Crippen LogP contribution in [-0.4, -0.2) is 13.7 Å². The van der Waals surface area contributed by atoms with Gasteiger partial charge in [0, 0.05) is 9.13 Å². The van der Waals surface area contributed by atoms with Gasteiger partial charge in [-0.3, -0.25) is 0 Å². The standard InChI is InChI=1S/C17H17ClINO/c1-20-16(12-7-8-15(19)14(18)10-12)13-6-2-4-11-5-3-9-21-17(11)13/h2,4,6-8,10,16,20H,3,5,9H2,1H3. The largest absolute Gasteiger partial charge is 0.493 e. The van der Waals surface area contributed by atoms with Gasteiger partial charge >= 0.3 is 0 Å². The van der Waals surface area contributed by atoms with Crippen LogP contribution in [-0.2, 0) is 6.42 Å². The molecule has 1 atom stereocenters. The Labute approximate surface area is 144 Å². The van der Waals surface area contributed by atoms with Gasteiger partial charge in [-0.25, -0.2) is 0 Å². The number of hydrogen-bond acceptors (Lipinski definition) is 2. The summed E-state index contributed by atoms with van der Waals surface area (Å²) in [5.74, 6) is 1.04. The number of fused-ring (bicyclic) bond motifs is 1. The van der Waals surface area contributed by atoms with Crippen molar-refractivity contribution < 1.29 is 4.74 Å². The molecule has 1 aliphatic rings. The first-order valence-electron chi connectivity index (χ1n) is 7.07. The number of para-hydroxylation sites is 1. The monoisotopic (exact) mass is 413 g/mol. The van der Waals surface area contributed by atoms with Crippen LogP contribution in [0.25, 0.3) is 0 Å². The van der Waals surface area contributed by atoms with Gasteiger partial charge in [0.2, 0.25) is 0 Å². The van der Waals surface area contributed by atoms with Crippen LogP contribution in [0.4, 0.5) is 0 Å². The average molecular weight is 414 g/mol. The Morgan fingerprint density at radius 3 is 2.90 bits per heavy atom. The topological polar surface area (TPSA) is 21.3 Å². The fraction of sp³-hybridized carbons (Fsp3) is 0.294. The highest BCUT2D eigenvalue weighted by atomic mass is 127. The molecule has 0 saturated heterocycles. The summed E-state index contributed by atoms with van der Waals surface area (Å²) in [4.78, 5) is 0. The lowest BCUT2D eigenvalue weighted by Crippen LogP contribution is -2.20. The molecule has 0 aromatic heterocycles. The number of rotatable bonds is 3. The zero-order valence-electron chi connectivity index (χ0n) is 11.8. The predicted molar refractivity (Wildman–Crippen MR) is 95.3 cm³/mol. The minimum atomic E-state index is 0.0903. The average Bonchev–Trinajstić information content (AvgIpc) is 2.52. The van der Waals surface area contributed by atoms with Gasteiger partial charge in [-0.15, -0.1) is 0 Å². The third kappa shape index (κ3) is 3.05. The van der Waals surface area contributed by atoms with Crippen molar-refractivity contribution in [1.29, 1.82) is 0 Å². The van der Waals surface area contributed by atoms with Crippen molar-refractivity contribution in [2.45, 2.75) is 18.9 Å². The summed E-state index contributed by atoms with van der Waals surface area (Å²) in [5.41, 5.74) is 3.65. The first kappa shape index (κ1) is 15.1. The Balaban J connectivity index is 2.06. The van der Waals surface area contributed by atoms with Crippen molar-refractivity contribution in [3.05, 3.63) is 61.7 Å². The zero-order valence-corrected chi connectivity index (χ0v) is 14.7. The second kappa shape index (κ2) is 6.55. The van der Waals surface area contributed by atoms with Crippen LogP contribution in [0.1, 0.15) is 29.2 Å². The lowest BCUT2D eigenvalue weighted by Gasteiger charge is -2.25. The number of halogens is 2. The zero-order chi connectivity index (χ0) is 14.8. The summed E-state index contributed by atoms with van der Waals surface area (Å²) in [6, 6.07) is 12.7. The molecule has 1 heterocycles. The van der Waals surface area contributed by atoms with Gasteiger partial charge in [0.15, 0.2) is 0 Å². The second-order valence-electron chi connectivity index (χ2n) is 5.18. The molecule has 4 heteroatoms. The van der Waals surface area contributed by atoms with Crippen molar-refractivity contribution >= 4 is 34.2 Å². The summed E-state index contributed by atoms with van der Waals surface area (Å²) in [5, 5.41) is 4.18. The number of aryl methyl sites for hydroxylation is 1. The van der Waals surface area contributed by atoms with Crippen molar-refractivity contribution in [1.82, 2.24) is 5.32 Å². The van der Waals surface area contributed by atoms with Crippen LogP contribution < -0.4 is 10.1 Å². The van der Waals surface area contributed by atoms with Crippen LogP contribution in [0, 0.1) is 3.57 Å². The smallest absolute Gasteiger partial charge is 0.127 e. The number of ether oxygens (including phenoxy) is 1. The molecular weight excluding hydrogens is 397 g/mol. The number of nitrogens with one attached hydrogen (secondary N) is 1. The number of hydrogen-bond donors (Lipinski definition) is 1. The van der Waals surface area contributed by atoms with Gasteiger partial charge in [0.1, 0.15) is 5.75 Å². The molecule has 1 N–H and O–H groups in total. The van der Waals surface area contributed by atoms with Crippen molar-refractivity contribution in [3.63, 3.8) is 0 Å². The van der Waals surface area contributed by atoms with E-state index in [2.05, 4.69) is 58.2 Å². The third-order valence-electron chi connectivity index (χ3n) is 3.84. The molecule has 1 unspecified atom stereocenters. The summed E-state index contributed by atoms with van der Waals surface area (Å²) in [6.45, 7) is 0.799. The Hall–Kier alpha value is -0.780. The lowest BCUT2D eigenvalue weighted by molar-refractivity contribution is 0.283. The van der Waals surface area contributed by atoms with E-state index in [0.717, 1.165) is 39.4 Å². The summed E-state index contributed by atoms with van der Waals surface area (Å²) in [6.07, 6.45) is 2.18. The number of benzene rings is 2. The summed E-state index contributed by atoms with van der Waals surface area (Å²) < 4.78 is 7.01. The maximum Gasteiger partial charge on any atom is 0.127 e. The normalized spacial score (nSPS) is 15.2. The third-order valence-corrected chi connectivity index (χ3v) is 5.41. The fourth-order valence-electron chi connectivity index (χ4n) is 2.84. The SMILES string of the molecule is CNC(c1ccc(I)c(Cl)c1)c1cccc2c1OCCC2. The van der Waals surface area contributed by atoms with E-state index in [4.69, 9.17) is 16.3 Å². The first-order chi connectivity index (χ1) is 10.2. The van der Waals surface area contributed by atoms with E-state index < -0.39 is 0 Å². The molecule has 1 aliphatic heterocycles. The molecule has 2 aromatic rings. The Morgan fingerprint density at radius 1 is 1.29 bits per heavy atom. The molecular formula is C17H17ClINO. The molecule has 0 aliphatic carbocycles. The molecule has 0 saturated carbocycles. The van der Waals surface area contributed by atoms with Gasteiger partial charge in [-0.2, -0.15) is 0 Å². The molecule has 110 valence electrons. The van der Waals surface area contributed by atoms with Crippen molar-refractivity contribution in [2.24, 2.45) is 0 Å². The van der Waals surface area contributed by atoms with Gasteiger partial charge in [0.05, 0.1) is 17.7 Å². The van der Waals surface area contributed by atoms with Crippen LogP contribution in [0.5, 0.6) is 5.75 Å². The first-order valence-corrected chi connectivity index (χ1v) is 8.53. The fourth-order valence-corrected chi connectivity index (χ4v) is 3.36. The Morgan fingerprint density at radius 2 is 2.14 bits per heavy atom. The molecule has 0 radical (unpaired) electrons. The second-order valence-corrected chi connectivity index (χ2v) is 6.75. The summed E-state index contributed by atoms with van der Waals surface area (Å²) in [7, 11) is 1.97. The maximum absolute atomic E-state index is 6.28. The molecule has 0 bridgehead atoms. The van der Waals surface area contributed by atoms with E-state index in [9.17, 15) is 0 Å². The highest BCUT2D eigenvalue weighted by molar-refractivity contribution is 14.1. The Bertz CT molecular complexity index is 659. The van der Waals surface area contributed by atoms with E-state index >= 15 is 0 Å². The molecule has 2 nitrogen and oxygen atoms in total. The van der Waals surface area contributed by atoms with E-state index in [-0.39, 0.29) is 6.04 Å². The van der Waals surface area contributed by atoms with Gasteiger partial charge in [0.25, 0.3) is 0 Å². The van der Waals surface area contributed by atoms with E-state index in [1.165, 1.54) is 11.1 Å². The van der Waals surface area contributed by atoms with Crippen molar-refractivity contribution in [2.75, 3.05) is 13.7 Å². The molecule has 0 amide bonds. The van der Waals surface area contributed by atoms with Gasteiger partial charge in [-0.05, 0) is 65.7 Å². The molecule has 0 fully saturated rings. The van der Waals surface area contributed by atoms with E-state index in [1.54, 1.807) is 0 Å². The van der Waals surface area contributed by atoms with Crippen molar-refractivity contribution in [3.8, 4) is 5.75 Å². The minimum Gasteiger partial charge on any atom is -0.493 e. The lowest BCUT2D eigenvalue weighted by atomic mass is 9.94. The highest BCUT2D eigenvalue weighted by Crippen LogP contribution is 2.36. The van der Waals surface area contributed by atoms with E-state index in [1.807, 2.05) is 13.1 Å². The molecule has 21 heavy (non-hydrogen) atoms. The van der Waals surface area contributed by atoms with Crippen LogP contribution >= 0.6 is 34.2 Å². The van der Waals surface area contributed by atoms with Crippen LogP contribution in [0.2, 0.25) is 5.02 Å². The Kier molecular flexibility index (Phi) is 4.72. The van der Waals surface area contributed by atoms with Crippen LogP contribution in [0.15, 0.2) is 36.4 Å². The van der Waals surface area contributed by atoms with Crippen LogP contribution in [0.3, 0.4) is 0 Å². The maximum atomic E-state index is 6.28. The molecule has 0 spiro atoms. The predicted octanol–water partition coefficient (Wildman–Crippen LogP) is 4.58. The molecule has 2 aromatic carbocycles. The highest BCUT2D eigenvalue weighted by Gasteiger charge is 2.21. The van der Waals surface area contributed by atoms with E-state index in [0.29, 0.717) is 0 Å². The minimum absolute atomic E-state index is 0.0903. The van der Waals surface area contributed by atoms with Gasteiger partial charge in [-0.1, -0.05) is 35.9 Å².